The molecule has 0 fully saturated rings. The summed E-state index contributed by atoms with van der Waals surface area (Å²) >= 11 is 0. The van der Waals surface area contributed by atoms with E-state index in [2.05, 4.69) is 5.32 Å². The number of nitrogens with one attached hydrogen (secondary N) is 1. The molecule has 2 aromatic rings. The molecule has 0 saturated heterocycles. The van der Waals surface area contributed by atoms with Crippen molar-refractivity contribution in [3.63, 3.8) is 0 Å². The minimum absolute atomic E-state index is 0.0890. The Morgan fingerprint density at radius 3 is 2.52 bits per heavy atom. The highest BCUT2D eigenvalue weighted by molar-refractivity contribution is 5.77. The highest BCUT2D eigenvalue weighted by Crippen LogP contribution is 2.30. The first-order chi connectivity index (χ1) is 12.3. The van der Waals surface area contributed by atoms with Crippen LogP contribution in [0.1, 0.15) is 6.92 Å². The molecule has 1 aliphatic rings. The minimum Gasteiger partial charge on any atom is -0.490 e. The average Bonchev–Trinajstić information content (AvgIpc) is 2.66. The van der Waals surface area contributed by atoms with Crippen molar-refractivity contribution in [1.29, 1.82) is 0 Å². The summed E-state index contributed by atoms with van der Waals surface area (Å²) in [6.45, 7) is 3.09. The van der Waals surface area contributed by atoms with E-state index in [0.717, 1.165) is 5.75 Å². The third-order valence-electron chi connectivity index (χ3n) is 3.60. The summed E-state index contributed by atoms with van der Waals surface area (Å²) in [7, 11) is 0. The number of amides is 1. The van der Waals surface area contributed by atoms with Crippen LogP contribution in [0.3, 0.4) is 0 Å². The lowest BCUT2D eigenvalue weighted by Crippen LogP contribution is -2.42. The van der Waals surface area contributed by atoms with Gasteiger partial charge in [-0.15, -0.1) is 0 Å². The molecule has 132 valence electrons. The highest BCUT2D eigenvalue weighted by atomic mass is 16.6. The molecule has 2 aromatic carbocycles. The summed E-state index contributed by atoms with van der Waals surface area (Å²) in [6, 6.07) is 14.7. The lowest BCUT2D eigenvalue weighted by Gasteiger charge is -2.26. The van der Waals surface area contributed by atoms with Crippen molar-refractivity contribution in [1.82, 2.24) is 5.32 Å². The standard InChI is InChI=1S/C19H21NO5/c1-2-22-15-7-3-4-8-16(15)24-13-19(21)20-11-14-12-23-17-9-5-6-10-18(17)25-14/h3-10,14H,2,11-13H2,1H3,(H,20,21)/t14-/m0/s1. The van der Waals surface area contributed by atoms with E-state index in [1.54, 1.807) is 12.1 Å². The normalized spacial score (nSPS) is 15.3. The summed E-state index contributed by atoms with van der Waals surface area (Å²) in [5.41, 5.74) is 0. The molecule has 6 heteroatoms. The first-order valence-electron chi connectivity index (χ1n) is 8.26. The summed E-state index contributed by atoms with van der Waals surface area (Å²) in [5.74, 6) is 2.36. The van der Waals surface area contributed by atoms with E-state index in [1.807, 2.05) is 43.3 Å². The summed E-state index contributed by atoms with van der Waals surface area (Å²) in [5, 5.41) is 2.80. The van der Waals surface area contributed by atoms with Crippen LogP contribution in [0.5, 0.6) is 23.0 Å². The lowest BCUT2D eigenvalue weighted by molar-refractivity contribution is -0.123. The van der Waals surface area contributed by atoms with Crippen LogP contribution in [0.15, 0.2) is 48.5 Å². The fourth-order valence-corrected chi connectivity index (χ4v) is 2.43. The van der Waals surface area contributed by atoms with Gasteiger partial charge in [0, 0.05) is 0 Å². The van der Waals surface area contributed by atoms with Crippen molar-refractivity contribution >= 4 is 5.91 Å². The first kappa shape index (κ1) is 17.0. The molecule has 0 radical (unpaired) electrons. The number of carbonyl (C=O) groups excluding carboxylic acids is 1. The second-order valence-corrected chi connectivity index (χ2v) is 5.47. The molecule has 0 spiro atoms. The fourth-order valence-electron chi connectivity index (χ4n) is 2.43. The number of ether oxygens (including phenoxy) is 4. The minimum atomic E-state index is -0.228. The summed E-state index contributed by atoms with van der Waals surface area (Å²) in [4.78, 5) is 12.0. The first-order valence-corrected chi connectivity index (χ1v) is 8.26. The van der Waals surface area contributed by atoms with Gasteiger partial charge in [-0.1, -0.05) is 24.3 Å². The van der Waals surface area contributed by atoms with Gasteiger partial charge in [-0.3, -0.25) is 4.79 Å². The van der Waals surface area contributed by atoms with E-state index in [0.29, 0.717) is 37.0 Å². The quantitative estimate of drug-likeness (QED) is 0.836. The van der Waals surface area contributed by atoms with Crippen LogP contribution in [0.4, 0.5) is 0 Å². The Bertz CT molecular complexity index is 718. The molecule has 1 N–H and O–H groups in total. The lowest BCUT2D eigenvalue weighted by atomic mass is 10.2. The predicted octanol–water partition coefficient (Wildman–Crippen LogP) is 2.42. The number of hydrogen-bond donors (Lipinski definition) is 1. The van der Waals surface area contributed by atoms with Crippen molar-refractivity contribution in [2.24, 2.45) is 0 Å². The van der Waals surface area contributed by atoms with Gasteiger partial charge in [0.1, 0.15) is 12.7 Å². The van der Waals surface area contributed by atoms with Crippen molar-refractivity contribution in [2.75, 3.05) is 26.4 Å². The van der Waals surface area contributed by atoms with Gasteiger partial charge >= 0.3 is 0 Å². The topological polar surface area (TPSA) is 66.0 Å². The molecular formula is C19H21NO5. The van der Waals surface area contributed by atoms with Gasteiger partial charge < -0.3 is 24.3 Å². The number of benzene rings is 2. The van der Waals surface area contributed by atoms with Gasteiger partial charge in [0.2, 0.25) is 0 Å². The van der Waals surface area contributed by atoms with Gasteiger partial charge in [0.25, 0.3) is 5.91 Å². The van der Waals surface area contributed by atoms with E-state index in [4.69, 9.17) is 18.9 Å². The van der Waals surface area contributed by atoms with Gasteiger partial charge in [-0.25, -0.2) is 0 Å². The Morgan fingerprint density at radius 1 is 1.08 bits per heavy atom. The maximum Gasteiger partial charge on any atom is 0.258 e. The Morgan fingerprint density at radius 2 is 1.76 bits per heavy atom. The molecule has 0 unspecified atom stereocenters. The van der Waals surface area contributed by atoms with Gasteiger partial charge in [0.05, 0.1) is 13.2 Å². The van der Waals surface area contributed by atoms with Crippen molar-refractivity contribution in [3.8, 4) is 23.0 Å². The second kappa shape index (κ2) is 8.28. The van der Waals surface area contributed by atoms with Crippen molar-refractivity contribution in [2.45, 2.75) is 13.0 Å². The Hall–Kier alpha value is -2.89. The van der Waals surface area contributed by atoms with Gasteiger partial charge in [0.15, 0.2) is 29.6 Å². The van der Waals surface area contributed by atoms with Gasteiger partial charge in [-0.2, -0.15) is 0 Å². The van der Waals surface area contributed by atoms with Gasteiger partial charge in [-0.05, 0) is 31.2 Å². The maximum absolute atomic E-state index is 12.0. The van der Waals surface area contributed by atoms with Crippen LogP contribution in [0, 0.1) is 0 Å². The zero-order valence-corrected chi connectivity index (χ0v) is 14.1. The molecule has 0 bridgehead atoms. The number of carbonyl (C=O) groups is 1. The zero-order chi connectivity index (χ0) is 17.5. The summed E-state index contributed by atoms with van der Waals surface area (Å²) < 4.78 is 22.4. The largest absolute Gasteiger partial charge is 0.490 e. The smallest absolute Gasteiger partial charge is 0.258 e. The van der Waals surface area contributed by atoms with E-state index >= 15 is 0 Å². The van der Waals surface area contributed by atoms with E-state index in [-0.39, 0.29) is 18.6 Å². The summed E-state index contributed by atoms with van der Waals surface area (Å²) in [6.07, 6.45) is -0.227. The van der Waals surface area contributed by atoms with Crippen LogP contribution in [-0.4, -0.2) is 38.4 Å². The number of para-hydroxylation sites is 4. The third-order valence-corrected chi connectivity index (χ3v) is 3.60. The molecule has 1 aliphatic heterocycles. The highest BCUT2D eigenvalue weighted by Gasteiger charge is 2.21. The molecule has 0 aliphatic carbocycles. The zero-order valence-electron chi connectivity index (χ0n) is 14.1. The van der Waals surface area contributed by atoms with Crippen LogP contribution < -0.4 is 24.3 Å². The Kier molecular flexibility index (Phi) is 5.61. The molecule has 1 amide bonds. The predicted molar refractivity (Wildman–Crippen MR) is 92.5 cm³/mol. The molecule has 1 atom stereocenters. The number of hydrogen-bond acceptors (Lipinski definition) is 5. The van der Waals surface area contributed by atoms with Crippen LogP contribution >= 0.6 is 0 Å². The SMILES string of the molecule is CCOc1ccccc1OCC(=O)NC[C@H]1COc2ccccc2O1. The van der Waals surface area contributed by atoms with Crippen LogP contribution in [0.25, 0.3) is 0 Å². The maximum atomic E-state index is 12.0. The van der Waals surface area contributed by atoms with E-state index in [9.17, 15) is 4.79 Å². The van der Waals surface area contributed by atoms with Crippen molar-refractivity contribution in [3.05, 3.63) is 48.5 Å². The second-order valence-electron chi connectivity index (χ2n) is 5.47. The van der Waals surface area contributed by atoms with Crippen LogP contribution in [0.2, 0.25) is 0 Å². The van der Waals surface area contributed by atoms with Crippen molar-refractivity contribution < 1.29 is 23.7 Å². The molecule has 3 rings (SSSR count). The molecular weight excluding hydrogens is 322 g/mol. The number of fused-ring (bicyclic) bond motifs is 1. The average molecular weight is 343 g/mol. The van der Waals surface area contributed by atoms with E-state index < -0.39 is 0 Å². The molecule has 0 aromatic heterocycles. The Labute approximate surface area is 146 Å². The molecule has 0 saturated carbocycles. The monoisotopic (exact) mass is 343 g/mol. The Balaban J connectivity index is 1.45. The van der Waals surface area contributed by atoms with E-state index in [1.165, 1.54) is 0 Å². The van der Waals surface area contributed by atoms with Crippen LogP contribution in [-0.2, 0) is 4.79 Å². The fraction of sp³-hybridized carbons (Fsp3) is 0.316. The molecule has 25 heavy (non-hydrogen) atoms. The molecule has 6 nitrogen and oxygen atoms in total. The third kappa shape index (κ3) is 4.56. The molecule has 1 heterocycles. The number of rotatable bonds is 7.